The number of aromatic nitrogens is 1. The fraction of sp³-hybridized carbons (Fsp3) is 0.515. The second kappa shape index (κ2) is 10.7. The van der Waals surface area contributed by atoms with E-state index in [0.29, 0.717) is 30.4 Å². The minimum atomic E-state index is -0.883. The third kappa shape index (κ3) is 4.93. The van der Waals surface area contributed by atoms with Gasteiger partial charge in [-0.1, -0.05) is 63.4 Å². The fourth-order valence-electron chi connectivity index (χ4n) is 7.15. The smallest absolute Gasteiger partial charge is 0.335 e. The van der Waals surface area contributed by atoms with Gasteiger partial charge in [0.1, 0.15) is 5.78 Å². The van der Waals surface area contributed by atoms with Crippen molar-refractivity contribution in [3.05, 3.63) is 59.2 Å². The number of Topliss-reactive ketones (excluding diaryl/α,β-unsaturated/α-hetero) is 1. The molecule has 0 radical (unpaired) electrons. The summed E-state index contributed by atoms with van der Waals surface area (Å²) in [4.78, 5) is 26.4. The molecule has 0 bridgehead atoms. The van der Waals surface area contributed by atoms with Crippen LogP contribution in [0.3, 0.4) is 0 Å². The predicted molar refractivity (Wildman–Crippen MR) is 154 cm³/mol. The number of aromatic carboxylic acids is 1. The summed E-state index contributed by atoms with van der Waals surface area (Å²) in [6.45, 7) is 6.02. The van der Waals surface area contributed by atoms with Crippen LogP contribution in [-0.2, 0) is 11.3 Å². The molecule has 0 spiro atoms. The SMILES string of the molecule is C[C@H]1c2ccccc2-c2c(C3CCCCC3)c3ccc(C(=O)O)cc3n2C[C@]1(C)CCCC(=O)CN(C)C. The highest BCUT2D eigenvalue weighted by molar-refractivity contribution is 5.98. The van der Waals surface area contributed by atoms with Crippen LogP contribution in [0.4, 0.5) is 0 Å². The first-order valence-corrected chi connectivity index (χ1v) is 14.3. The van der Waals surface area contributed by atoms with Crippen LogP contribution < -0.4 is 0 Å². The summed E-state index contributed by atoms with van der Waals surface area (Å²) in [5.41, 5.74) is 6.68. The van der Waals surface area contributed by atoms with Gasteiger partial charge in [-0.05, 0) is 80.3 Å². The lowest BCUT2D eigenvalue weighted by atomic mass is 9.70. The van der Waals surface area contributed by atoms with E-state index in [0.717, 1.165) is 24.9 Å². The second-order valence-electron chi connectivity index (χ2n) is 12.3. The van der Waals surface area contributed by atoms with Gasteiger partial charge in [0.05, 0.1) is 17.8 Å². The Balaban J connectivity index is 1.66. The van der Waals surface area contributed by atoms with E-state index in [1.165, 1.54) is 59.9 Å². The number of nitrogens with zero attached hydrogens (tertiary/aromatic N) is 2. The van der Waals surface area contributed by atoms with Gasteiger partial charge in [-0.3, -0.25) is 4.79 Å². The van der Waals surface area contributed by atoms with Gasteiger partial charge in [-0.15, -0.1) is 0 Å². The highest BCUT2D eigenvalue weighted by Crippen LogP contribution is 2.52. The van der Waals surface area contributed by atoms with Crippen LogP contribution in [0.15, 0.2) is 42.5 Å². The van der Waals surface area contributed by atoms with E-state index in [9.17, 15) is 14.7 Å². The molecular formula is C33H42N2O3. The minimum Gasteiger partial charge on any atom is -0.478 e. The summed E-state index contributed by atoms with van der Waals surface area (Å²) in [6, 6.07) is 14.6. The largest absolute Gasteiger partial charge is 0.478 e. The van der Waals surface area contributed by atoms with Gasteiger partial charge in [-0.2, -0.15) is 0 Å². The second-order valence-corrected chi connectivity index (χ2v) is 12.3. The lowest BCUT2D eigenvalue weighted by molar-refractivity contribution is -0.119. The molecule has 2 atom stereocenters. The van der Waals surface area contributed by atoms with E-state index in [1.807, 2.05) is 25.1 Å². The van der Waals surface area contributed by atoms with E-state index in [2.05, 4.69) is 48.7 Å². The van der Waals surface area contributed by atoms with E-state index in [-0.39, 0.29) is 11.2 Å². The van der Waals surface area contributed by atoms with Crippen LogP contribution in [0.2, 0.25) is 0 Å². The van der Waals surface area contributed by atoms with E-state index < -0.39 is 5.97 Å². The Morgan fingerprint density at radius 3 is 2.53 bits per heavy atom. The van der Waals surface area contributed by atoms with Crippen LogP contribution in [0.5, 0.6) is 0 Å². The number of ketones is 1. The Kier molecular flexibility index (Phi) is 7.50. The summed E-state index contributed by atoms with van der Waals surface area (Å²) in [5, 5.41) is 11.1. The molecule has 1 saturated carbocycles. The zero-order valence-corrected chi connectivity index (χ0v) is 23.4. The number of hydrogen-bond donors (Lipinski definition) is 1. The number of hydrogen-bond acceptors (Lipinski definition) is 3. The summed E-state index contributed by atoms with van der Waals surface area (Å²) in [7, 11) is 3.88. The van der Waals surface area contributed by atoms with Crippen LogP contribution >= 0.6 is 0 Å². The van der Waals surface area contributed by atoms with Gasteiger partial charge in [0.25, 0.3) is 0 Å². The maximum atomic E-state index is 12.5. The fourth-order valence-corrected chi connectivity index (χ4v) is 7.15. The maximum Gasteiger partial charge on any atom is 0.335 e. The first kappa shape index (κ1) is 26.7. The summed E-state index contributed by atoms with van der Waals surface area (Å²) in [6.07, 6.45) is 8.58. The molecule has 38 heavy (non-hydrogen) atoms. The highest BCUT2D eigenvalue weighted by atomic mass is 16.4. The molecule has 1 N–H and O–H groups in total. The number of fused-ring (bicyclic) bond motifs is 5. The van der Waals surface area contributed by atoms with Gasteiger partial charge in [-0.25, -0.2) is 4.79 Å². The molecule has 2 aliphatic rings. The van der Waals surface area contributed by atoms with Crippen molar-refractivity contribution in [2.75, 3.05) is 20.6 Å². The first-order chi connectivity index (χ1) is 18.2. The predicted octanol–water partition coefficient (Wildman–Crippen LogP) is 7.48. The Hall–Kier alpha value is -2.92. The molecule has 5 rings (SSSR count). The molecule has 202 valence electrons. The zero-order valence-electron chi connectivity index (χ0n) is 23.4. The Bertz CT molecular complexity index is 1350. The number of carboxylic acid groups (broad SMARTS) is 1. The molecule has 0 unspecified atom stereocenters. The third-order valence-electron chi connectivity index (χ3n) is 9.31. The standard InChI is InChI=1S/C33H42N2O3/c1-22-26-14-8-9-15-27(26)31-30(23-11-6-5-7-12-23)28-17-16-24(32(37)38)19-29(28)35(31)21-33(22,2)18-10-13-25(36)20-34(3)4/h8-9,14-17,19,22-23H,5-7,10-13,18,20-21H2,1-4H3,(H,37,38)/t22-,33-/m0/s1. The third-order valence-corrected chi connectivity index (χ3v) is 9.31. The molecule has 5 heteroatoms. The molecule has 5 nitrogen and oxygen atoms in total. The molecule has 2 heterocycles. The molecule has 2 aromatic carbocycles. The summed E-state index contributed by atoms with van der Waals surface area (Å²) >= 11 is 0. The van der Waals surface area contributed by atoms with E-state index >= 15 is 0 Å². The first-order valence-electron chi connectivity index (χ1n) is 14.3. The van der Waals surface area contributed by atoms with Gasteiger partial charge >= 0.3 is 5.97 Å². The van der Waals surface area contributed by atoms with E-state index in [1.54, 1.807) is 6.07 Å². The average molecular weight is 515 g/mol. The van der Waals surface area contributed by atoms with Crippen molar-refractivity contribution in [2.24, 2.45) is 5.41 Å². The number of carbonyl (C=O) groups excluding carboxylic acids is 1. The number of rotatable bonds is 8. The highest BCUT2D eigenvalue weighted by Gasteiger charge is 2.39. The molecule has 1 aliphatic carbocycles. The van der Waals surface area contributed by atoms with Crippen LogP contribution in [-0.4, -0.2) is 47.0 Å². The maximum absolute atomic E-state index is 12.5. The summed E-state index contributed by atoms with van der Waals surface area (Å²) in [5.74, 6) is 0.207. The molecular weight excluding hydrogens is 472 g/mol. The van der Waals surface area contributed by atoms with Crippen molar-refractivity contribution in [3.8, 4) is 11.3 Å². The van der Waals surface area contributed by atoms with Crippen LogP contribution in [0.1, 0.15) is 98.5 Å². The lowest BCUT2D eigenvalue weighted by Gasteiger charge is -2.36. The van der Waals surface area contributed by atoms with Gasteiger partial charge < -0.3 is 14.6 Å². The van der Waals surface area contributed by atoms with Crippen LogP contribution in [0.25, 0.3) is 22.2 Å². The molecule has 3 aromatic rings. The monoisotopic (exact) mass is 514 g/mol. The van der Waals surface area contributed by atoms with Crippen molar-refractivity contribution in [1.82, 2.24) is 9.47 Å². The zero-order chi connectivity index (χ0) is 27.0. The number of likely N-dealkylation sites (N-methyl/N-ethyl adjacent to an activating group) is 1. The topological polar surface area (TPSA) is 62.5 Å². The number of carbonyl (C=O) groups is 2. The Morgan fingerprint density at radius 1 is 1.08 bits per heavy atom. The molecule has 1 fully saturated rings. The molecule has 0 saturated heterocycles. The molecule has 0 amide bonds. The summed E-state index contributed by atoms with van der Waals surface area (Å²) < 4.78 is 2.45. The van der Waals surface area contributed by atoms with Gasteiger partial charge in [0, 0.05) is 29.4 Å². The lowest BCUT2D eigenvalue weighted by Crippen LogP contribution is -2.29. The normalized spacial score (nSPS) is 21.8. The van der Waals surface area contributed by atoms with E-state index in [4.69, 9.17) is 0 Å². The van der Waals surface area contributed by atoms with Gasteiger partial charge in [0.15, 0.2) is 0 Å². The molecule has 1 aromatic heterocycles. The minimum absolute atomic E-state index is 0.0746. The van der Waals surface area contributed by atoms with Gasteiger partial charge in [0.2, 0.25) is 0 Å². The van der Waals surface area contributed by atoms with Crippen molar-refractivity contribution in [3.63, 3.8) is 0 Å². The number of carboxylic acids is 1. The number of benzene rings is 2. The quantitative estimate of drug-likeness (QED) is 0.338. The Labute approximate surface area is 226 Å². The van der Waals surface area contributed by atoms with Crippen LogP contribution in [0, 0.1) is 5.41 Å². The van der Waals surface area contributed by atoms with Crippen molar-refractivity contribution in [2.45, 2.75) is 83.6 Å². The molecule has 1 aliphatic heterocycles. The Morgan fingerprint density at radius 2 is 1.82 bits per heavy atom. The average Bonchev–Trinajstić information content (AvgIpc) is 3.16. The van der Waals surface area contributed by atoms with Crippen molar-refractivity contribution in [1.29, 1.82) is 0 Å². The van der Waals surface area contributed by atoms with Crippen molar-refractivity contribution < 1.29 is 14.7 Å². The van der Waals surface area contributed by atoms with Crippen molar-refractivity contribution >= 4 is 22.7 Å².